The van der Waals surface area contributed by atoms with Crippen LogP contribution in [0, 0.1) is 0 Å². The molecule has 1 heterocycles. The van der Waals surface area contributed by atoms with Crippen LogP contribution in [0.5, 0.6) is 5.75 Å². The second kappa shape index (κ2) is 8.79. The van der Waals surface area contributed by atoms with Crippen molar-refractivity contribution < 1.29 is 24.2 Å². The Morgan fingerprint density at radius 1 is 1.26 bits per heavy atom. The van der Waals surface area contributed by atoms with E-state index < -0.39 is 0 Å². The average molecular weight is 406 g/mol. The zero-order valence-corrected chi connectivity index (χ0v) is 15.5. The lowest BCUT2D eigenvalue weighted by atomic mass is 10.1. The van der Waals surface area contributed by atoms with Crippen LogP contribution in [0.4, 0.5) is 11.4 Å². The molecular weight excluding hydrogens is 392 g/mol. The zero-order valence-electron chi connectivity index (χ0n) is 13.9. The summed E-state index contributed by atoms with van der Waals surface area (Å²) in [6.07, 6.45) is 0. The largest absolute Gasteiger partial charge is 0.497 e. The Morgan fingerprint density at radius 2 is 2.04 bits per heavy atom. The fourth-order valence-corrected chi connectivity index (χ4v) is 2.85. The first-order chi connectivity index (χ1) is 13.1. The summed E-state index contributed by atoms with van der Waals surface area (Å²) >= 11 is 5.98. The van der Waals surface area contributed by atoms with Crippen molar-refractivity contribution in [3.05, 3.63) is 48.0 Å². The lowest BCUT2D eigenvalue weighted by molar-refractivity contribution is -0.432. The van der Waals surface area contributed by atoms with Crippen molar-refractivity contribution >= 4 is 52.4 Å². The van der Waals surface area contributed by atoms with E-state index in [2.05, 4.69) is 30.5 Å². The fraction of sp³-hybridized carbons (Fsp3) is 0.0625. The molecule has 2 aromatic rings. The minimum Gasteiger partial charge on any atom is -0.497 e. The Morgan fingerprint density at radius 3 is 2.74 bits per heavy atom. The van der Waals surface area contributed by atoms with E-state index in [1.165, 1.54) is 0 Å². The molecule has 0 bridgehead atoms. The van der Waals surface area contributed by atoms with Gasteiger partial charge in [-0.15, -0.1) is 4.33 Å². The predicted molar refractivity (Wildman–Crippen MR) is 105 cm³/mol. The van der Waals surface area contributed by atoms with Crippen LogP contribution in [0.3, 0.4) is 0 Å². The van der Waals surface area contributed by atoms with Crippen molar-refractivity contribution in [3.8, 4) is 5.75 Å². The molecule has 0 radical (unpaired) electrons. The topological polar surface area (TPSA) is 113 Å². The number of hydrazone groups is 1. The second-order valence-corrected chi connectivity index (χ2v) is 6.32. The number of methoxy groups -OCH3 is 1. The van der Waals surface area contributed by atoms with Crippen molar-refractivity contribution in [1.29, 1.82) is 0 Å². The van der Waals surface area contributed by atoms with E-state index >= 15 is 0 Å². The van der Waals surface area contributed by atoms with Gasteiger partial charge in [0.2, 0.25) is 0 Å². The van der Waals surface area contributed by atoms with Crippen LogP contribution in [0.1, 0.15) is 5.56 Å². The molecule has 1 amide bonds. The van der Waals surface area contributed by atoms with E-state index in [-0.39, 0.29) is 16.7 Å². The van der Waals surface area contributed by atoms with E-state index in [1.54, 1.807) is 49.6 Å². The molecule has 0 spiro atoms. The molecule has 0 aliphatic carbocycles. The number of thiocarbonyl (C=S) groups is 1. The third kappa shape index (κ3) is 4.72. The smallest absolute Gasteiger partial charge is 0.276 e. The number of hydrogen-bond acceptors (Lipinski definition) is 8. The monoisotopic (exact) mass is 406 g/mol. The van der Waals surface area contributed by atoms with Gasteiger partial charge in [-0.25, -0.2) is 5.26 Å². The molecular formula is C16H14N4O5S2. The summed E-state index contributed by atoms with van der Waals surface area (Å²) in [5, 5.41) is 21.8. The molecule has 1 aliphatic rings. The van der Waals surface area contributed by atoms with Crippen LogP contribution in [-0.4, -0.2) is 29.1 Å². The van der Waals surface area contributed by atoms with Crippen molar-refractivity contribution in [2.45, 2.75) is 4.90 Å². The van der Waals surface area contributed by atoms with Gasteiger partial charge in [0.25, 0.3) is 5.91 Å². The van der Waals surface area contributed by atoms with Crippen LogP contribution >= 0.6 is 24.3 Å². The van der Waals surface area contributed by atoms with Crippen LogP contribution in [-0.2, 0) is 14.2 Å². The maximum absolute atomic E-state index is 12.1. The SMILES string of the molecule is COc1ccc(NC(=S)N/N=C2\C(=O)Nc3ccc(SOOO)cc32)cc1. The summed E-state index contributed by atoms with van der Waals surface area (Å²) in [5.41, 5.74) is 4.71. The van der Waals surface area contributed by atoms with E-state index in [9.17, 15) is 4.79 Å². The van der Waals surface area contributed by atoms with Gasteiger partial charge in [-0.2, -0.15) is 5.10 Å². The second-order valence-electron chi connectivity index (χ2n) is 5.14. The Hall–Kier alpha value is -2.70. The molecule has 11 heteroatoms. The first kappa shape index (κ1) is 19.1. The number of nitrogens with zero attached hydrogens (tertiary/aromatic N) is 1. The Balaban J connectivity index is 1.69. The third-order valence-corrected chi connectivity index (χ3v) is 4.26. The molecule has 2 aromatic carbocycles. The molecule has 0 saturated heterocycles. The summed E-state index contributed by atoms with van der Waals surface area (Å²) in [4.78, 5) is 12.7. The molecule has 0 unspecified atom stereocenters. The lowest BCUT2D eigenvalue weighted by Crippen LogP contribution is -2.27. The minimum absolute atomic E-state index is 0.163. The molecule has 0 saturated carbocycles. The van der Waals surface area contributed by atoms with Gasteiger partial charge in [-0.1, -0.05) is 5.04 Å². The molecule has 1 aliphatic heterocycles. The van der Waals surface area contributed by atoms with E-state index in [0.717, 1.165) is 23.5 Å². The number of amides is 1. The van der Waals surface area contributed by atoms with Crippen LogP contribution in [0.25, 0.3) is 0 Å². The number of fused-ring (bicyclic) bond motifs is 1. The van der Waals surface area contributed by atoms with Crippen LogP contribution in [0.2, 0.25) is 0 Å². The van der Waals surface area contributed by atoms with Gasteiger partial charge in [0.05, 0.1) is 24.8 Å². The van der Waals surface area contributed by atoms with Crippen LogP contribution in [0.15, 0.2) is 52.5 Å². The van der Waals surface area contributed by atoms with Gasteiger partial charge < -0.3 is 15.4 Å². The Bertz CT molecular complexity index is 889. The standard InChI is InChI=1S/C16H14N4O5S2/c1-23-10-4-2-9(3-5-10)17-16(26)20-19-14-12-8-11(27-25-24-22)6-7-13(12)18-15(14)21/h2-8,22H,1H3,(H2,17,20,26)(H,18,19,21). The number of hydrogen-bond donors (Lipinski definition) is 4. The van der Waals surface area contributed by atoms with E-state index in [4.69, 9.17) is 22.2 Å². The first-order valence-electron chi connectivity index (χ1n) is 7.50. The fourth-order valence-electron chi connectivity index (χ4n) is 2.29. The number of rotatable bonds is 6. The van der Waals surface area contributed by atoms with Gasteiger partial charge in [0, 0.05) is 16.1 Å². The highest BCUT2D eigenvalue weighted by Crippen LogP contribution is 2.29. The predicted octanol–water partition coefficient (Wildman–Crippen LogP) is 2.77. The number of benzene rings is 2. The molecule has 140 valence electrons. The summed E-state index contributed by atoms with van der Waals surface area (Å²) in [5.74, 6) is 0.356. The molecule has 0 aromatic heterocycles. The van der Waals surface area contributed by atoms with E-state index in [0.29, 0.717) is 16.1 Å². The highest BCUT2D eigenvalue weighted by Gasteiger charge is 2.26. The van der Waals surface area contributed by atoms with Gasteiger partial charge >= 0.3 is 0 Å². The summed E-state index contributed by atoms with van der Waals surface area (Å²) < 4.78 is 9.49. The minimum atomic E-state index is -0.369. The number of anilines is 2. The average Bonchev–Trinajstić information content (AvgIpc) is 2.99. The number of nitrogens with one attached hydrogen (secondary N) is 3. The summed E-state index contributed by atoms with van der Waals surface area (Å²) in [6, 6.07) is 12.2. The molecule has 0 atom stereocenters. The highest BCUT2D eigenvalue weighted by molar-refractivity contribution is 7.94. The van der Waals surface area contributed by atoms with Crippen molar-refractivity contribution in [2.75, 3.05) is 17.7 Å². The molecule has 4 N–H and O–H groups in total. The van der Waals surface area contributed by atoms with Crippen molar-refractivity contribution in [2.24, 2.45) is 5.10 Å². The third-order valence-electron chi connectivity index (χ3n) is 3.49. The lowest BCUT2D eigenvalue weighted by Gasteiger charge is -2.08. The highest BCUT2D eigenvalue weighted by atomic mass is 32.2. The van der Waals surface area contributed by atoms with Gasteiger partial charge in [-0.05, 0) is 54.7 Å². The van der Waals surface area contributed by atoms with E-state index in [1.807, 2.05) is 0 Å². The summed E-state index contributed by atoms with van der Waals surface area (Å²) in [6.45, 7) is 0. The maximum Gasteiger partial charge on any atom is 0.276 e. The van der Waals surface area contributed by atoms with Gasteiger partial charge in [-0.3, -0.25) is 10.2 Å². The van der Waals surface area contributed by atoms with Crippen LogP contribution < -0.4 is 20.8 Å². The number of ether oxygens (including phenoxy) is 1. The Kier molecular flexibility index (Phi) is 6.21. The zero-order chi connectivity index (χ0) is 19.2. The quantitative estimate of drug-likeness (QED) is 0.249. The maximum atomic E-state index is 12.1. The number of carbonyl (C=O) groups excluding carboxylic acids is 1. The molecule has 0 fully saturated rings. The van der Waals surface area contributed by atoms with Gasteiger partial charge in [0.1, 0.15) is 5.75 Å². The molecule has 27 heavy (non-hydrogen) atoms. The molecule has 3 rings (SSSR count). The van der Waals surface area contributed by atoms with Gasteiger partial charge in [0.15, 0.2) is 10.8 Å². The van der Waals surface area contributed by atoms with Crippen molar-refractivity contribution in [3.63, 3.8) is 0 Å². The normalized spacial score (nSPS) is 13.9. The van der Waals surface area contributed by atoms with Crippen molar-refractivity contribution in [1.82, 2.24) is 5.43 Å². The number of carbonyl (C=O) groups is 1. The summed E-state index contributed by atoms with van der Waals surface area (Å²) in [7, 11) is 1.59. The molecule has 9 nitrogen and oxygen atoms in total. The Labute approximate surface area is 163 Å². The first-order valence-corrected chi connectivity index (χ1v) is 8.65.